The van der Waals surface area contributed by atoms with Gasteiger partial charge in [-0.3, -0.25) is 38.4 Å². The van der Waals surface area contributed by atoms with E-state index in [-0.39, 0.29) is 229 Å². The second-order valence-corrected chi connectivity index (χ2v) is 33.2. The Bertz CT molecular complexity index is 4810. The van der Waals surface area contributed by atoms with Gasteiger partial charge in [-0.1, -0.05) is 176 Å². The van der Waals surface area contributed by atoms with E-state index < -0.39 is 40.1 Å². The number of amides is 8. The first-order chi connectivity index (χ1) is 69.7. The van der Waals surface area contributed by atoms with Crippen molar-refractivity contribution in [1.82, 2.24) is 42.5 Å². The van der Waals surface area contributed by atoms with Gasteiger partial charge in [0, 0.05) is 57.8 Å². The molecule has 0 unspecified atom stereocenters. The summed E-state index contributed by atoms with van der Waals surface area (Å²) in [7, 11) is 0. The molecule has 0 bridgehead atoms. The molecule has 0 fully saturated rings. The number of hydrogen-bond acceptors (Lipinski definition) is 24. The number of carboxylic acids is 1. The molecular formula is C111H150N10O23. The van der Waals surface area contributed by atoms with Gasteiger partial charge in [0.2, 0.25) is 5.91 Å². The number of unbranched alkanes of at least 4 members (excludes halogenated alkanes) is 1. The van der Waals surface area contributed by atoms with E-state index in [1.807, 2.05) is 27.7 Å². The molecule has 0 heterocycles. The molecule has 13 N–H and O–H groups in total. The molecule has 0 aromatic heterocycles. The Balaban J connectivity index is 0.000000534. The van der Waals surface area contributed by atoms with Gasteiger partial charge in [-0.2, -0.15) is 0 Å². The van der Waals surface area contributed by atoms with Crippen LogP contribution in [0.1, 0.15) is 186 Å². The minimum absolute atomic E-state index is 0.140. The van der Waals surface area contributed by atoms with Crippen molar-refractivity contribution in [3.63, 3.8) is 0 Å². The number of alkyl carbamates (subject to hydrolysis) is 1. The molecule has 6 aromatic carbocycles. The molecule has 0 aliphatic carbocycles. The summed E-state index contributed by atoms with van der Waals surface area (Å²) in [5, 5.41) is 34.2. The number of carboxylic acid groups (broad SMARTS) is 1. The monoisotopic (exact) mass is 1990 g/mol. The van der Waals surface area contributed by atoms with Crippen LogP contribution in [0.15, 0.2) is 248 Å². The average molecular weight is 1990 g/mol. The number of nitrogens with two attached hydrogens (primary N) is 2. The fraction of sp³-hybridized carbons (Fsp3) is 0.396. The molecule has 0 radical (unpaired) electrons. The fourth-order valence-electron chi connectivity index (χ4n) is 14.5. The van der Waals surface area contributed by atoms with Gasteiger partial charge in [-0.05, 0) is 210 Å². The lowest BCUT2D eigenvalue weighted by Crippen LogP contribution is -2.43. The maximum Gasteiger partial charge on any atom is 0.407 e. The van der Waals surface area contributed by atoms with E-state index >= 15 is 0 Å². The van der Waals surface area contributed by atoms with Crippen molar-refractivity contribution >= 4 is 53.4 Å². The minimum Gasteiger partial charge on any atom is -0.490 e. The lowest BCUT2D eigenvalue weighted by atomic mass is 9.74. The van der Waals surface area contributed by atoms with E-state index in [0.29, 0.717) is 131 Å². The van der Waals surface area contributed by atoms with Gasteiger partial charge in [-0.15, -0.1) is 0 Å². The molecule has 0 saturated carbocycles. The molecule has 0 spiro atoms. The molecular weight excluding hydrogens is 1840 g/mol. The molecule has 33 heteroatoms. The SMILES string of the molecule is C=CCOc1cccc(C(=O)NCCCC(CCCNC(=O)c2cccc(OCC)c2OCC=C)(CCCNC(=O)c2cccc(OCC=C)c2OCC=C)C(=O)O)c1OCC=C.C=CCOc1cccc(C(=O)NCCCC(CCCNC(=O)c2cccc(OCC=C)c2OCC=C)(CCCNC(=O)c2cccc(OCC=C)c2OCC=C)C(=O)NCCCN)c1OCC=C.CC(C)(C)OC(=O)NCCCCN. The van der Waals surface area contributed by atoms with Gasteiger partial charge in [0.1, 0.15) is 78.3 Å². The second-order valence-electron chi connectivity index (χ2n) is 33.2. The summed E-state index contributed by atoms with van der Waals surface area (Å²) >= 11 is 0. The van der Waals surface area contributed by atoms with Crippen molar-refractivity contribution in [3.8, 4) is 69.0 Å². The molecule has 0 aliphatic rings. The lowest BCUT2D eigenvalue weighted by Gasteiger charge is -2.33. The maximum atomic E-state index is 14.4. The smallest absolute Gasteiger partial charge is 0.407 e. The summed E-state index contributed by atoms with van der Waals surface area (Å²) < 4.78 is 74.4. The highest BCUT2D eigenvalue weighted by Crippen LogP contribution is 2.41. The molecule has 33 nitrogen and oxygen atoms in total. The van der Waals surface area contributed by atoms with Gasteiger partial charge in [0.25, 0.3) is 35.4 Å². The summed E-state index contributed by atoms with van der Waals surface area (Å²) in [5.41, 5.74) is 10.0. The van der Waals surface area contributed by atoms with Crippen LogP contribution in [0.4, 0.5) is 4.79 Å². The van der Waals surface area contributed by atoms with Crippen LogP contribution >= 0.6 is 0 Å². The number of carbonyl (C=O) groups is 9. The number of rotatable bonds is 74. The van der Waals surface area contributed by atoms with Crippen LogP contribution < -0.4 is 111 Å². The van der Waals surface area contributed by atoms with Crippen LogP contribution in [0.2, 0.25) is 0 Å². The third kappa shape index (κ3) is 43.2. The number of nitrogens with one attached hydrogen (secondary N) is 8. The Hall–Kier alpha value is -15.0. The number of carbonyl (C=O) groups excluding carboxylic acids is 8. The topological polar surface area (TPSA) is 442 Å². The normalized spacial score (nSPS) is 10.7. The Morgan fingerprint density at radius 1 is 0.278 bits per heavy atom. The second kappa shape index (κ2) is 70.6. The molecule has 0 atom stereocenters. The largest absolute Gasteiger partial charge is 0.490 e. The molecule has 8 amide bonds. The standard InChI is InChI=1S/C53H69N5O10.C49H61N3O11.C9H20N2O2/c1-7-34-63-43-23-13-20-40(46(43)66-37-10-4)49(59)55-30-16-26-53(52(62)58-33-19-29-54,27-17-31-56-50(60)41-21-14-24-44(64-35-8-2)47(41)67-38-11-5)28-18-32-57-51(61)42-22-15-25-45(65-36-9-3)48(42)68-39-12-6;1-7-31-59-40-23-14-20-37(43(40)62-34-10-4)46(54)51-29-17-26-49(48(56)57,25-16-28-50-45(53)36-19-13-22-39(58-12-6)42(36)61-33-9-3)27-18-30-52-47(55)38-21-15-24-41(60-32-8-2)44(38)63-35-11-5;1-9(2,3)13-8(12)11-7-5-4-6-10/h7-15,20-25H,1-6,16-19,26-39,54H2,(H,55,59)(H,56,60)(H,57,61)(H,58,62);7-11,13-15,19-24H,1-5,12,16-18,25-35H2,6H3,(H,50,53)(H,51,54)(H,52,55)(H,56,57);4-7,10H2,1-3H3,(H,11,12). The molecule has 0 aliphatic heterocycles. The first-order valence-corrected chi connectivity index (χ1v) is 48.3. The third-order valence-corrected chi connectivity index (χ3v) is 21.1. The van der Waals surface area contributed by atoms with Crippen molar-refractivity contribution in [3.05, 3.63) is 282 Å². The Kier molecular flexibility index (Phi) is 59.5. The fourth-order valence-corrected chi connectivity index (χ4v) is 14.5. The first-order valence-electron chi connectivity index (χ1n) is 48.3. The first kappa shape index (κ1) is 121. The number of ether oxygens (including phenoxy) is 13. The van der Waals surface area contributed by atoms with Crippen molar-refractivity contribution in [2.75, 3.05) is 145 Å². The number of hydrogen-bond donors (Lipinski definition) is 11. The summed E-state index contributed by atoms with van der Waals surface area (Å²) in [6, 6.07) is 30.1. The van der Waals surface area contributed by atoms with Crippen LogP contribution in [0.5, 0.6) is 69.0 Å². The summed E-state index contributed by atoms with van der Waals surface area (Å²) in [6.45, 7) is 53.5. The zero-order chi connectivity index (χ0) is 106. The summed E-state index contributed by atoms with van der Waals surface area (Å²) in [6.07, 6.45) is 23.2. The van der Waals surface area contributed by atoms with E-state index in [1.54, 1.807) is 176 Å². The van der Waals surface area contributed by atoms with E-state index in [9.17, 15) is 48.3 Å². The van der Waals surface area contributed by atoms with Gasteiger partial charge < -0.3 is 121 Å². The van der Waals surface area contributed by atoms with E-state index in [1.165, 1.54) is 0 Å². The van der Waals surface area contributed by atoms with Crippen LogP contribution in [0, 0.1) is 10.8 Å². The molecule has 782 valence electrons. The van der Waals surface area contributed by atoms with E-state index in [4.69, 9.17) is 73.0 Å². The number of aliphatic carboxylic acids is 1. The molecule has 0 saturated heterocycles. The van der Waals surface area contributed by atoms with Crippen LogP contribution in [0.25, 0.3) is 0 Å². The van der Waals surface area contributed by atoms with Crippen molar-refractivity contribution in [2.24, 2.45) is 22.3 Å². The highest BCUT2D eigenvalue weighted by atomic mass is 16.6. The van der Waals surface area contributed by atoms with Gasteiger partial charge in [0.15, 0.2) is 69.0 Å². The Morgan fingerprint density at radius 3 is 0.694 bits per heavy atom. The Morgan fingerprint density at radius 2 is 0.486 bits per heavy atom. The van der Waals surface area contributed by atoms with Crippen LogP contribution in [-0.4, -0.2) is 209 Å². The van der Waals surface area contributed by atoms with E-state index in [0.717, 1.165) is 12.8 Å². The Labute approximate surface area is 848 Å². The van der Waals surface area contributed by atoms with Crippen molar-refractivity contribution in [1.29, 1.82) is 0 Å². The average Bonchev–Trinajstić information content (AvgIpc) is 0.804. The molecule has 6 rings (SSSR count). The van der Waals surface area contributed by atoms with Gasteiger partial charge >= 0.3 is 12.1 Å². The van der Waals surface area contributed by atoms with Crippen molar-refractivity contribution < 1.29 is 110 Å². The van der Waals surface area contributed by atoms with Crippen LogP contribution in [-0.2, 0) is 14.3 Å². The predicted molar refractivity (Wildman–Crippen MR) is 564 cm³/mol. The number of benzene rings is 6. The molecule has 6 aromatic rings. The summed E-state index contributed by atoms with van der Waals surface area (Å²) in [5.74, 6) is 0.259. The summed E-state index contributed by atoms with van der Waals surface area (Å²) in [4.78, 5) is 120. The van der Waals surface area contributed by atoms with Crippen molar-refractivity contribution in [2.45, 2.75) is 130 Å². The third-order valence-electron chi connectivity index (χ3n) is 21.1. The molecule has 144 heavy (non-hydrogen) atoms. The number of para-hydroxylation sites is 6. The highest BCUT2D eigenvalue weighted by Gasteiger charge is 2.39. The zero-order valence-electron chi connectivity index (χ0n) is 84.3. The minimum atomic E-state index is -1.28. The quantitative estimate of drug-likeness (QED) is 0.0125. The van der Waals surface area contributed by atoms with Gasteiger partial charge in [0.05, 0.1) is 45.4 Å². The maximum absolute atomic E-state index is 14.4. The highest BCUT2D eigenvalue weighted by molar-refractivity contribution is 6.01. The zero-order valence-corrected chi connectivity index (χ0v) is 84.3. The van der Waals surface area contributed by atoms with Crippen LogP contribution in [0.3, 0.4) is 0 Å². The lowest BCUT2D eigenvalue weighted by molar-refractivity contribution is -0.150. The van der Waals surface area contributed by atoms with Gasteiger partial charge in [-0.25, -0.2) is 4.79 Å². The van der Waals surface area contributed by atoms with E-state index in [2.05, 4.69) is 115 Å². The predicted octanol–water partition coefficient (Wildman–Crippen LogP) is 16.6.